The first-order valence-corrected chi connectivity index (χ1v) is 15.1. The minimum Gasteiger partial charge on any atom is -0.466 e. The van der Waals surface area contributed by atoms with Crippen LogP contribution in [0, 0.1) is 0 Å². The molecule has 2 aliphatic rings. The summed E-state index contributed by atoms with van der Waals surface area (Å²) < 4.78 is 32.9. The van der Waals surface area contributed by atoms with E-state index in [-0.39, 0.29) is 36.1 Å². The fourth-order valence-corrected chi connectivity index (χ4v) is 7.04. The number of carbonyl (C=O) groups excluding carboxylic acids is 1. The first-order chi connectivity index (χ1) is 19.4. The van der Waals surface area contributed by atoms with Gasteiger partial charge in [0.15, 0.2) is 21.5 Å². The highest BCUT2D eigenvalue weighted by Gasteiger charge is 2.57. The molecule has 4 aromatic carbocycles. The van der Waals surface area contributed by atoms with Crippen molar-refractivity contribution in [2.24, 2.45) is 4.99 Å². The third-order valence-electron chi connectivity index (χ3n) is 7.46. The lowest BCUT2D eigenvalue weighted by molar-refractivity contribution is -0.139. The van der Waals surface area contributed by atoms with Crippen molar-refractivity contribution >= 4 is 33.2 Å². The Morgan fingerprint density at radius 3 is 2.23 bits per heavy atom. The van der Waals surface area contributed by atoms with Crippen molar-refractivity contribution in [2.75, 3.05) is 12.3 Å². The summed E-state index contributed by atoms with van der Waals surface area (Å²) in [6, 6.07) is 33.0. The molecule has 8 heteroatoms. The van der Waals surface area contributed by atoms with Crippen molar-refractivity contribution < 1.29 is 17.9 Å². The number of aliphatic imine (C=N–C) groups is 1. The zero-order valence-corrected chi connectivity index (χ0v) is 23.2. The molecule has 0 bridgehead atoms. The smallest absolute Gasteiger partial charge is 0.255 e. The summed E-state index contributed by atoms with van der Waals surface area (Å²) >= 11 is 6.81. The first-order valence-electron chi connectivity index (χ1n) is 13.1. The molecule has 0 aromatic heterocycles. The van der Waals surface area contributed by atoms with Gasteiger partial charge in [0.25, 0.3) is 5.91 Å². The summed E-state index contributed by atoms with van der Waals surface area (Å²) in [5.74, 6) is -0.150. The quantitative estimate of drug-likeness (QED) is 0.287. The van der Waals surface area contributed by atoms with Gasteiger partial charge in [-0.1, -0.05) is 90.5 Å². The van der Waals surface area contributed by atoms with Gasteiger partial charge in [0.2, 0.25) is 5.90 Å². The monoisotopic (exact) mass is 570 g/mol. The highest BCUT2D eigenvalue weighted by atomic mass is 35.5. The molecule has 0 saturated carbocycles. The maximum Gasteiger partial charge on any atom is 0.255 e. The van der Waals surface area contributed by atoms with E-state index >= 15 is 0 Å². The number of nitrogens with zero attached hydrogens (tertiary/aromatic N) is 2. The molecule has 0 radical (unpaired) electrons. The predicted molar refractivity (Wildman–Crippen MR) is 155 cm³/mol. The van der Waals surface area contributed by atoms with E-state index in [0.29, 0.717) is 16.5 Å². The molecule has 4 aromatic rings. The Labute approximate surface area is 238 Å². The summed E-state index contributed by atoms with van der Waals surface area (Å²) in [6.45, 7) is 0.201. The molecule has 202 valence electrons. The Bertz CT molecular complexity index is 1680. The van der Waals surface area contributed by atoms with Crippen LogP contribution in [0.25, 0.3) is 0 Å². The van der Waals surface area contributed by atoms with Crippen LogP contribution in [0.3, 0.4) is 0 Å². The fraction of sp³-hybridized carbons (Fsp3) is 0.188. The van der Waals surface area contributed by atoms with Crippen molar-refractivity contribution in [3.05, 3.63) is 136 Å². The van der Waals surface area contributed by atoms with Gasteiger partial charge < -0.3 is 9.64 Å². The molecule has 6 nitrogen and oxygen atoms in total. The summed E-state index contributed by atoms with van der Waals surface area (Å²) in [7, 11) is -3.62. The van der Waals surface area contributed by atoms with E-state index in [1.807, 2.05) is 72.8 Å². The third-order valence-corrected chi connectivity index (χ3v) is 9.50. The van der Waals surface area contributed by atoms with E-state index in [4.69, 9.17) is 21.3 Å². The van der Waals surface area contributed by atoms with E-state index in [9.17, 15) is 13.2 Å². The normalized spacial score (nSPS) is 20.2. The number of fused-ring (bicyclic) bond motifs is 3. The van der Waals surface area contributed by atoms with Crippen molar-refractivity contribution in [1.29, 1.82) is 0 Å². The van der Waals surface area contributed by atoms with E-state index in [1.165, 1.54) is 0 Å². The Balaban J connectivity index is 1.47. The minimum absolute atomic E-state index is 0.00145. The van der Waals surface area contributed by atoms with Crippen molar-refractivity contribution in [1.82, 2.24) is 4.90 Å². The Hall–Kier alpha value is -3.94. The van der Waals surface area contributed by atoms with Gasteiger partial charge in [0.1, 0.15) is 0 Å². The summed E-state index contributed by atoms with van der Waals surface area (Å²) in [6.07, 6.45) is -0.518. The van der Waals surface area contributed by atoms with Gasteiger partial charge in [0.05, 0.1) is 10.6 Å². The number of ether oxygens (including phenoxy) is 1. The number of amides is 1. The first kappa shape index (κ1) is 26.3. The van der Waals surface area contributed by atoms with E-state index < -0.39 is 21.5 Å². The molecule has 0 saturated heterocycles. The molecule has 6 rings (SSSR count). The lowest BCUT2D eigenvalue weighted by Crippen LogP contribution is -2.50. The second-order valence-electron chi connectivity index (χ2n) is 10.0. The SMILES string of the molecule is O=C1N(CCS(=O)(=O)c2ccccc2)Cc2cccc(Cl)c2[C@@H]2OC(c3ccccc3)=N[C@]12Cc1ccccc1. The zero-order chi connectivity index (χ0) is 27.7. The zero-order valence-electron chi connectivity index (χ0n) is 21.6. The second-order valence-corrected chi connectivity index (χ2v) is 12.6. The van der Waals surface area contributed by atoms with Gasteiger partial charge in [-0.2, -0.15) is 0 Å². The van der Waals surface area contributed by atoms with Crippen molar-refractivity contribution in [2.45, 2.75) is 29.5 Å². The molecule has 0 N–H and O–H groups in total. The van der Waals surface area contributed by atoms with Crippen LogP contribution in [0.2, 0.25) is 5.02 Å². The van der Waals surface area contributed by atoms with Crippen LogP contribution < -0.4 is 0 Å². The summed E-state index contributed by atoms with van der Waals surface area (Å²) in [4.78, 5) is 21.5. The number of hydrogen-bond donors (Lipinski definition) is 0. The Kier molecular flexibility index (Phi) is 6.94. The number of rotatable bonds is 7. The average molecular weight is 571 g/mol. The maximum atomic E-state index is 14.7. The molecular weight excluding hydrogens is 544 g/mol. The average Bonchev–Trinajstić information content (AvgIpc) is 3.32. The third kappa shape index (κ3) is 4.80. The molecular formula is C32H27ClN2O4S. The van der Waals surface area contributed by atoms with Gasteiger partial charge in [0, 0.05) is 35.7 Å². The predicted octanol–water partition coefficient (Wildman–Crippen LogP) is 5.66. The summed E-state index contributed by atoms with van der Waals surface area (Å²) in [5.41, 5.74) is 1.80. The standard InChI is InChI=1S/C32H27ClN2O4S/c33-27-18-10-15-25-22-35(19-20-40(37,38)26-16-8-3-9-17-26)31(36)32(21-23-11-4-1-5-12-23)29(28(25)27)39-30(34-32)24-13-6-2-7-14-24/h1-18,29H,19-22H2/t29-,32-/m0/s1. The highest BCUT2D eigenvalue weighted by molar-refractivity contribution is 7.91. The van der Waals surface area contributed by atoms with Crippen LogP contribution >= 0.6 is 11.6 Å². The Morgan fingerprint density at radius 1 is 0.875 bits per heavy atom. The number of benzene rings is 4. The van der Waals surface area contributed by atoms with E-state index in [2.05, 4.69) is 0 Å². The van der Waals surface area contributed by atoms with Gasteiger partial charge in [-0.05, 0) is 41.5 Å². The van der Waals surface area contributed by atoms with Crippen LogP contribution in [-0.2, 0) is 32.3 Å². The number of carbonyl (C=O) groups is 1. The highest BCUT2D eigenvalue weighted by Crippen LogP contribution is 2.48. The van der Waals surface area contributed by atoms with E-state index in [0.717, 1.165) is 16.7 Å². The number of sulfone groups is 1. The lowest BCUT2D eigenvalue weighted by atomic mass is 9.81. The van der Waals surface area contributed by atoms with Crippen LogP contribution in [0.5, 0.6) is 0 Å². The van der Waals surface area contributed by atoms with Crippen molar-refractivity contribution in [3.63, 3.8) is 0 Å². The summed E-state index contributed by atoms with van der Waals surface area (Å²) in [5, 5.41) is 0.482. The van der Waals surface area contributed by atoms with Crippen LogP contribution in [-0.4, -0.2) is 43.0 Å². The molecule has 1 amide bonds. The van der Waals surface area contributed by atoms with Crippen LogP contribution in [0.1, 0.15) is 28.4 Å². The molecule has 40 heavy (non-hydrogen) atoms. The van der Waals surface area contributed by atoms with E-state index in [1.54, 1.807) is 41.3 Å². The number of hydrogen-bond acceptors (Lipinski definition) is 5. The molecule has 0 spiro atoms. The largest absolute Gasteiger partial charge is 0.466 e. The molecule has 0 unspecified atom stereocenters. The minimum atomic E-state index is -3.62. The lowest BCUT2D eigenvalue weighted by Gasteiger charge is -2.32. The molecule has 2 heterocycles. The van der Waals surface area contributed by atoms with Crippen LogP contribution in [0.4, 0.5) is 0 Å². The van der Waals surface area contributed by atoms with Crippen molar-refractivity contribution in [3.8, 4) is 0 Å². The fourth-order valence-electron chi connectivity index (χ4n) is 5.48. The van der Waals surface area contributed by atoms with Gasteiger partial charge >= 0.3 is 0 Å². The molecule has 2 aliphatic heterocycles. The second kappa shape index (κ2) is 10.6. The molecule has 0 aliphatic carbocycles. The van der Waals surface area contributed by atoms with Gasteiger partial charge in [-0.25, -0.2) is 13.4 Å². The van der Waals surface area contributed by atoms with Crippen LogP contribution in [0.15, 0.2) is 119 Å². The number of halogens is 1. The molecule has 0 fully saturated rings. The topological polar surface area (TPSA) is 76.0 Å². The van der Waals surface area contributed by atoms with Gasteiger partial charge in [-0.15, -0.1) is 0 Å². The van der Waals surface area contributed by atoms with Gasteiger partial charge in [-0.3, -0.25) is 4.79 Å². The maximum absolute atomic E-state index is 14.7. The molecule has 2 atom stereocenters. The Morgan fingerprint density at radius 2 is 1.52 bits per heavy atom.